The first-order valence-electron chi connectivity index (χ1n) is 6.88. The van der Waals surface area contributed by atoms with E-state index in [0.29, 0.717) is 13.1 Å². The average molecular weight is 262 g/mol. The lowest BCUT2D eigenvalue weighted by atomic mass is 10.1. The van der Waals surface area contributed by atoms with E-state index < -0.39 is 0 Å². The zero-order valence-electron chi connectivity index (χ0n) is 12.8. The summed E-state index contributed by atoms with van der Waals surface area (Å²) in [5.41, 5.74) is 2.47. The van der Waals surface area contributed by atoms with Crippen molar-refractivity contribution in [3.8, 4) is 0 Å². The largest absolute Gasteiger partial charge is 0.340 e. The number of carbonyl (C=O) groups excluding carboxylic acids is 1. The van der Waals surface area contributed by atoms with E-state index in [0.717, 1.165) is 6.42 Å². The Morgan fingerprint density at radius 3 is 2.16 bits per heavy atom. The fourth-order valence-corrected chi connectivity index (χ4v) is 1.72. The third kappa shape index (κ3) is 5.88. The van der Waals surface area contributed by atoms with Crippen molar-refractivity contribution in [3.05, 3.63) is 35.4 Å². The Bertz CT molecular complexity index is 404. The lowest BCUT2D eigenvalue weighted by Gasteiger charge is -2.23. The van der Waals surface area contributed by atoms with Crippen LogP contribution in [0, 0.1) is 0 Å². The molecule has 0 radical (unpaired) electrons. The van der Waals surface area contributed by atoms with E-state index in [1.54, 1.807) is 4.90 Å². The molecule has 0 atom stereocenters. The van der Waals surface area contributed by atoms with Gasteiger partial charge in [0.15, 0.2) is 0 Å². The van der Waals surface area contributed by atoms with Crippen LogP contribution in [0.3, 0.4) is 0 Å². The third-order valence-corrected chi connectivity index (χ3v) is 3.05. The standard InChI is InChI=1S/C16H26N2O/c1-6-13-7-9-14(10-8-13)12-18(5)15(19)11-17-16(2,3)4/h7-10,17H,6,11-12H2,1-5H3. The number of hydrogen-bond donors (Lipinski definition) is 1. The molecule has 1 aromatic carbocycles. The Hall–Kier alpha value is -1.35. The minimum absolute atomic E-state index is 0.0285. The first-order valence-corrected chi connectivity index (χ1v) is 6.88. The van der Waals surface area contributed by atoms with Crippen LogP contribution in [0.25, 0.3) is 0 Å². The summed E-state index contributed by atoms with van der Waals surface area (Å²) < 4.78 is 0. The second-order valence-electron chi connectivity index (χ2n) is 6.02. The summed E-state index contributed by atoms with van der Waals surface area (Å²) in [7, 11) is 1.85. The van der Waals surface area contributed by atoms with E-state index in [-0.39, 0.29) is 11.4 Å². The molecule has 0 saturated heterocycles. The van der Waals surface area contributed by atoms with Gasteiger partial charge in [0.2, 0.25) is 5.91 Å². The van der Waals surface area contributed by atoms with Crippen LogP contribution in [0.4, 0.5) is 0 Å². The zero-order valence-corrected chi connectivity index (χ0v) is 12.8. The van der Waals surface area contributed by atoms with Crippen molar-refractivity contribution in [2.75, 3.05) is 13.6 Å². The van der Waals surface area contributed by atoms with Crippen LogP contribution < -0.4 is 5.32 Å². The monoisotopic (exact) mass is 262 g/mol. The predicted octanol–water partition coefficient (Wildman–Crippen LogP) is 2.60. The van der Waals surface area contributed by atoms with E-state index in [1.807, 2.05) is 7.05 Å². The van der Waals surface area contributed by atoms with Gasteiger partial charge >= 0.3 is 0 Å². The molecule has 0 heterocycles. The molecule has 0 aliphatic rings. The van der Waals surface area contributed by atoms with Crippen LogP contribution in [0.15, 0.2) is 24.3 Å². The summed E-state index contributed by atoms with van der Waals surface area (Å²) in [6, 6.07) is 8.45. The number of rotatable bonds is 5. The predicted molar refractivity (Wildman–Crippen MR) is 80.0 cm³/mol. The third-order valence-electron chi connectivity index (χ3n) is 3.05. The molecule has 1 N–H and O–H groups in total. The highest BCUT2D eigenvalue weighted by molar-refractivity contribution is 5.78. The molecule has 0 aliphatic heterocycles. The Balaban J connectivity index is 2.49. The SMILES string of the molecule is CCc1ccc(CN(C)C(=O)CNC(C)(C)C)cc1. The Kier molecular flexibility index (Phi) is 5.55. The summed E-state index contributed by atoms with van der Waals surface area (Å²) in [4.78, 5) is 13.7. The number of nitrogens with zero attached hydrogens (tertiary/aromatic N) is 1. The van der Waals surface area contributed by atoms with Gasteiger partial charge in [-0.05, 0) is 38.3 Å². The van der Waals surface area contributed by atoms with E-state index in [4.69, 9.17) is 0 Å². The minimum Gasteiger partial charge on any atom is -0.340 e. The molecule has 0 unspecified atom stereocenters. The lowest BCUT2D eigenvalue weighted by Crippen LogP contribution is -2.43. The van der Waals surface area contributed by atoms with Crippen LogP contribution in [0.2, 0.25) is 0 Å². The minimum atomic E-state index is -0.0285. The Labute approximate surface area is 117 Å². The number of amides is 1. The summed E-state index contributed by atoms with van der Waals surface area (Å²) in [5.74, 6) is 0.120. The van der Waals surface area contributed by atoms with Crippen molar-refractivity contribution in [2.24, 2.45) is 0 Å². The lowest BCUT2D eigenvalue weighted by molar-refractivity contribution is -0.129. The molecule has 0 aromatic heterocycles. The normalized spacial score (nSPS) is 11.4. The van der Waals surface area contributed by atoms with Gasteiger partial charge in [-0.2, -0.15) is 0 Å². The highest BCUT2D eigenvalue weighted by Gasteiger charge is 2.14. The van der Waals surface area contributed by atoms with Gasteiger partial charge in [-0.25, -0.2) is 0 Å². The first-order chi connectivity index (χ1) is 8.81. The number of nitrogens with one attached hydrogen (secondary N) is 1. The number of benzene rings is 1. The number of carbonyl (C=O) groups is 1. The maximum atomic E-state index is 12.0. The zero-order chi connectivity index (χ0) is 14.5. The van der Waals surface area contributed by atoms with Gasteiger partial charge in [-0.3, -0.25) is 4.79 Å². The number of aryl methyl sites for hydroxylation is 1. The molecule has 3 nitrogen and oxygen atoms in total. The maximum absolute atomic E-state index is 12.0. The van der Waals surface area contributed by atoms with E-state index in [9.17, 15) is 4.79 Å². The summed E-state index contributed by atoms with van der Waals surface area (Å²) in [5, 5.41) is 3.22. The molecule has 1 aromatic rings. The number of likely N-dealkylation sites (N-methyl/N-ethyl adjacent to an activating group) is 1. The van der Waals surface area contributed by atoms with Crippen molar-refractivity contribution in [1.29, 1.82) is 0 Å². The molecule has 0 fully saturated rings. The van der Waals surface area contributed by atoms with Crippen LogP contribution in [-0.4, -0.2) is 29.9 Å². The Morgan fingerprint density at radius 2 is 1.68 bits per heavy atom. The van der Waals surface area contributed by atoms with Gasteiger partial charge in [0.1, 0.15) is 0 Å². The van der Waals surface area contributed by atoms with Crippen LogP contribution in [0.1, 0.15) is 38.8 Å². The summed E-state index contributed by atoms with van der Waals surface area (Å²) >= 11 is 0. The van der Waals surface area contributed by atoms with Gasteiger partial charge < -0.3 is 10.2 Å². The van der Waals surface area contributed by atoms with E-state index in [2.05, 4.69) is 57.3 Å². The van der Waals surface area contributed by atoms with E-state index >= 15 is 0 Å². The highest BCUT2D eigenvalue weighted by atomic mass is 16.2. The molecule has 106 valence electrons. The summed E-state index contributed by atoms with van der Waals surface area (Å²) in [6.45, 7) is 9.36. The molecule has 3 heteroatoms. The highest BCUT2D eigenvalue weighted by Crippen LogP contribution is 2.07. The van der Waals surface area contributed by atoms with Gasteiger partial charge in [-0.15, -0.1) is 0 Å². The van der Waals surface area contributed by atoms with Crippen molar-refractivity contribution >= 4 is 5.91 Å². The second kappa shape index (κ2) is 6.71. The van der Waals surface area contributed by atoms with Gasteiger partial charge in [0.25, 0.3) is 0 Å². The molecule has 1 amide bonds. The molecular formula is C16H26N2O. The Morgan fingerprint density at radius 1 is 1.16 bits per heavy atom. The molecule has 0 bridgehead atoms. The van der Waals surface area contributed by atoms with Crippen molar-refractivity contribution in [3.63, 3.8) is 0 Å². The maximum Gasteiger partial charge on any atom is 0.236 e. The van der Waals surface area contributed by atoms with E-state index in [1.165, 1.54) is 11.1 Å². The van der Waals surface area contributed by atoms with Crippen LogP contribution >= 0.6 is 0 Å². The topological polar surface area (TPSA) is 32.3 Å². The molecule has 0 aliphatic carbocycles. The van der Waals surface area contributed by atoms with Gasteiger partial charge in [-0.1, -0.05) is 31.2 Å². The molecule has 0 saturated carbocycles. The molecule has 0 spiro atoms. The molecule has 1 rings (SSSR count). The first kappa shape index (κ1) is 15.7. The van der Waals surface area contributed by atoms with Crippen LogP contribution in [-0.2, 0) is 17.8 Å². The van der Waals surface area contributed by atoms with Gasteiger partial charge in [0, 0.05) is 19.1 Å². The van der Waals surface area contributed by atoms with Gasteiger partial charge in [0.05, 0.1) is 6.54 Å². The number of hydrogen-bond acceptors (Lipinski definition) is 2. The van der Waals surface area contributed by atoms with Crippen LogP contribution in [0.5, 0.6) is 0 Å². The second-order valence-corrected chi connectivity index (χ2v) is 6.02. The van der Waals surface area contributed by atoms with Crippen molar-refractivity contribution in [2.45, 2.75) is 46.2 Å². The quantitative estimate of drug-likeness (QED) is 0.884. The summed E-state index contributed by atoms with van der Waals surface area (Å²) in [6.07, 6.45) is 1.05. The molecular weight excluding hydrogens is 236 g/mol. The molecule has 19 heavy (non-hydrogen) atoms. The van der Waals surface area contributed by atoms with Crippen molar-refractivity contribution < 1.29 is 4.79 Å². The average Bonchev–Trinajstić information content (AvgIpc) is 2.36. The fraction of sp³-hybridized carbons (Fsp3) is 0.562. The fourth-order valence-electron chi connectivity index (χ4n) is 1.72. The van der Waals surface area contributed by atoms with Crippen molar-refractivity contribution in [1.82, 2.24) is 10.2 Å². The smallest absolute Gasteiger partial charge is 0.236 e.